The number of Topliss-reactive ketones (excluding diaryl/α,β-unsaturated/α-hetero) is 1. The number of ketones is 1. The number of hydroxylamine groups is 2. The van der Waals surface area contributed by atoms with Gasteiger partial charge in [0, 0.05) is 19.1 Å². The van der Waals surface area contributed by atoms with E-state index < -0.39 is 13.9 Å². The topological polar surface area (TPSA) is 38.8 Å². The van der Waals surface area contributed by atoms with Gasteiger partial charge in [-0.3, -0.25) is 9.63 Å². The highest BCUT2D eigenvalue weighted by molar-refractivity contribution is 6.74. The first-order valence-electron chi connectivity index (χ1n) is 11.3. The van der Waals surface area contributed by atoms with E-state index in [1.54, 1.807) is 0 Å². The van der Waals surface area contributed by atoms with E-state index in [1.165, 1.54) is 0 Å². The Hall–Kier alpha value is -1.01. The third kappa shape index (κ3) is 5.01. The average molecular weight is 418 g/mol. The van der Waals surface area contributed by atoms with E-state index >= 15 is 0 Å². The SMILES string of the molecule is CC(C)(C)[Si](C)(C)OCC[C@H]1CCC[C@]2(CCCC2=O)N1OCc1ccccc1. The first-order chi connectivity index (χ1) is 13.7. The molecule has 1 aliphatic heterocycles. The summed E-state index contributed by atoms with van der Waals surface area (Å²) in [6.07, 6.45) is 6.64. The van der Waals surface area contributed by atoms with Gasteiger partial charge in [0.15, 0.2) is 14.1 Å². The molecule has 1 spiro atoms. The Bertz CT molecular complexity index is 685. The maximum atomic E-state index is 12.9. The highest BCUT2D eigenvalue weighted by atomic mass is 28.4. The summed E-state index contributed by atoms with van der Waals surface area (Å²) in [5.41, 5.74) is 0.740. The maximum absolute atomic E-state index is 12.9. The van der Waals surface area contributed by atoms with Crippen molar-refractivity contribution in [1.82, 2.24) is 5.06 Å². The summed E-state index contributed by atoms with van der Waals surface area (Å²) in [6.45, 7) is 12.7. The molecular weight excluding hydrogens is 378 g/mol. The number of carbonyl (C=O) groups is 1. The molecule has 1 aromatic carbocycles. The second-order valence-electron chi connectivity index (χ2n) is 10.3. The molecule has 0 bridgehead atoms. The Morgan fingerprint density at radius 3 is 2.45 bits per heavy atom. The normalized spacial score (nSPS) is 26.4. The zero-order chi connectivity index (χ0) is 21.1. The van der Waals surface area contributed by atoms with Crippen molar-refractivity contribution >= 4 is 14.1 Å². The first kappa shape index (κ1) is 22.7. The molecule has 1 heterocycles. The molecule has 0 unspecified atom stereocenters. The predicted octanol–water partition coefficient (Wildman–Crippen LogP) is 5.88. The van der Waals surface area contributed by atoms with Crippen molar-refractivity contribution in [3.8, 4) is 0 Å². The van der Waals surface area contributed by atoms with E-state index in [2.05, 4.69) is 51.1 Å². The van der Waals surface area contributed by atoms with Crippen LogP contribution in [0.4, 0.5) is 0 Å². The van der Waals surface area contributed by atoms with Crippen molar-refractivity contribution in [2.75, 3.05) is 6.61 Å². The van der Waals surface area contributed by atoms with E-state index in [4.69, 9.17) is 9.26 Å². The highest BCUT2D eigenvalue weighted by Crippen LogP contribution is 2.43. The van der Waals surface area contributed by atoms with Gasteiger partial charge in [-0.05, 0) is 62.2 Å². The van der Waals surface area contributed by atoms with Gasteiger partial charge in [-0.1, -0.05) is 51.1 Å². The second-order valence-corrected chi connectivity index (χ2v) is 15.1. The van der Waals surface area contributed by atoms with Crippen LogP contribution in [0.3, 0.4) is 0 Å². The molecule has 5 heteroatoms. The van der Waals surface area contributed by atoms with Gasteiger partial charge in [-0.2, -0.15) is 5.06 Å². The van der Waals surface area contributed by atoms with E-state index in [0.29, 0.717) is 18.8 Å². The molecule has 0 N–H and O–H groups in total. The minimum atomic E-state index is -1.76. The molecule has 2 atom stereocenters. The largest absolute Gasteiger partial charge is 0.417 e. The molecule has 1 saturated carbocycles. The quantitative estimate of drug-likeness (QED) is 0.520. The van der Waals surface area contributed by atoms with Crippen molar-refractivity contribution in [2.45, 2.75) is 102 Å². The summed E-state index contributed by atoms with van der Waals surface area (Å²) < 4.78 is 6.46. The van der Waals surface area contributed by atoms with Crippen LogP contribution in [0.25, 0.3) is 0 Å². The van der Waals surface area contributed by atoms with Crippen LogP contribution in [0.1, 0.15) is 71.3 Å². The summed E-state index contributed by atoms with van der Waals surface area (Å²) >= 11 is 0. The Kier molecular flexibility index (Phi) is 7.04. The van der Waals surface area contributed by atoms with Gasteiger partial charge in [0.05, 0.1) is 6.61 Å². The third-order valence-corrected chi connectivity index (χ3v) is 11.9. The van der Waals surface area contributed by atoms with E-state index in [0.717, 1.165) is 50.7 Å². The van der Waals surface area contributed by atoms with Crippen molar-refractivity contribution in [1.29, 1.82) is 0 Å². The van der Waals surface area contributed by atoms with Crippen LogP contribution in [0.15, 0.2) is 30.3 Å². The zero-order valence-electron chi connectivity index (χ0n) is 19.0. The zero-order valence-corrected chi connectivity index (χ0v) is 20.0. The summed E-state index contributed by atoms with van der Waals surface area (Å²) in [6, 6.07) is 10.5. The summed E-state index contributed by atoms with van der Waals surface area (Å²) in [4.78, 5) is 19.3. The van der Waals surface area contributed by atoms with E-state index in [-0.39, 0.29) is 11.1 Å². The summed E-state index contributed by atoms with van der Waals surface area (Å²) in [7, 11) is -1.76. The van der Waals surface area contributed by atoms with Crippen molar-refractivity contribution in [3.63, 3.8) is 0 Å². The fourth-order valence-corrected chi connectivity index (χ4v) is 5.55. The van der Waals surface area contributed by atoms with Crippen molar-refractivity contribution < 1.29 is 14.1 Å². The highest BCUT2D eigenvalue weighted by Gasteiger charge is 2.52. The molecule has 1 aliphatic carbocycles. The molecule has 4 nitrogen and oxygen atoms in total. The van der Waals surface area contributed by atoms with Crippen LogP contribution in [-0.2, 0) is 20.7 Å². The molecular formula is C24H39NO3Si. The lowest BCUT2D eigenvalue weighted by Crippen LogP contribution is -2.59. The molecule has 3 rings (SSSR count). The lowest BCUT2D eigenvalue weighted by atomic mass is 9.82. The molecule has 0 aromatic heterocycles. The Balaban J connectivity index is 1.70. The summed E-state index contributed by atoms with van der Waals surface area (Å²) in [5.74, 6) is 0.376. The number of carbonyl (C=O) groups excluding carboxylic acids is 1. The van der Waals surface area contributed by atoms with Crippen LogP contribution < -0.4 is 0 Å². The molecule has 0 amide bonds. The minimum absolute atomic E-state index is 0.214. The van der Waals surface area contributed by atoms with Gasteiger partial charge in [-0.25, -0.2) is 0 Å². The fourth-order valence-electron chi connectivity index (χ4n) is 4.49. The van der Waals surface area contributed by atoms with Gasteiger partial charge in [0.2, 0.25) is 0 Å². The molecule has 1 aromatic rings. The second kappa shape index (κ2) is 9.01. The predicted molar refractivity (Wildman–Crippen MR) is 120 cm³/mol. The maximum Gasteiger partial charge on any atom is 0.191 e. The number of hydrogen-bond acceptors (Lipinski definition) is 4. The molecule has 162 valence electrons. The average Bonchev–Trinajstić information content (AvgIpc) is 3.02. The van der Waals surface area contributed by atoms with Crippen LogP contribution in [0.5, 0.6) is 0 Å². The van der Waals surface area contributed by atoms with Crippen LogP contribution in [0.2, 0.25) is 18.1 Å². The van der Waals surface area contributed by atoms with Gasteiger partial charge in [-0.15, -0.1) is 0 Å². The van der Waals surface area contributed by atoms with Gasteiger partial charge in [0.1, 0.15) is 5.54 Å². The standard InChI is InChI=1S/C24H39NO3Si/c1-23(2,3)29(4,5)28-18-15-21-13-9-16-24(17-10-14-22(24)26)25(21)27-19-20-11-7-6-8-12-20/h6-8,11-12,21H,9-10,13-19H2,1-5H3/t21-,24-/m1/s1. The fraction of sp³-hybridized carbons (Fsp3) is 0.708. The van der Waals surface area contributed by atoms with E-state index in [9.17, 15) is 4.79 Å². The van der Waals surface area contributed by atoms with Crippen LogP contribution in [0, 0.1) is 0 Å². The summed E-state index contributed by atoms with van der Waals surface area (Å²) in [5, 5.41) is 2.33. The molecule has 1 saturated heterocycles. The molecule has 2 aliphatic rings. The Labute approximate surface area is 178 Å². The number of piperidine rings is 1. The lowest BCUT2D eigenvalue weighted by molar-refractivity contribution is -0.263. The van der Waals surface area contributed by atoms with Crippen molar-refractivity contribution in [2.24, 2.45) is 0 Å². The molecule has 2 fully saturated rings. The number of benzene rings is 1. The number of nitrogens with zero attached hydrogens (tertiary/aromatic N) is 1. The third-order valence-electron chi connectivity index (χ3n) is 7.33. The number of hydrogen-bond donors (Lipinski definition) is 0. The number of rotatable bonds is 7. The van der Waals surface area contributed by atoms with Gasteiger partial charge in [0.25, 0.3) is 0 Å². The molecule has 29 heavy (non-hydrogen) atoms. The molecule has 0 radical (unpaired) electrons. The van der Waals surface area contributed by atoms with Crippen molar-refractivity contribution in [3.05, 3.63) is 35.9 Å². The smallest absolute Gasteiger partial charge is 0.191 e. The van der Waals surface area contributed by atoms with E-state index in [1.807, 2.05) is 18.2 Å². The monoisotopic (exact) mass is 417 g/mol. The Morgan fingerprint density at radius 2 is 1.83 bits per heavy atom. The lowest BCUT2D eigenvalue weighted by Gasteiger charge is -2.47. The van der Waals surface area contributed by atoms with Crippen LogP contribution >= 0.6 is 0 Å². The van der Waals surface area contributed by atoms with Gasteiger partial charge >= 0.3 is 0 Å². The van der Waals surface area contributed by atoms with Gasteiger partial charge < -0.3 is 4.43 Å². The minimum Gasteiger partial charge on any atom is -0.417 e. The Morgan fingerprint density at radius 1 is 1.14 bits per heavy atom. The van der Waals surface area contributed by atoms with Crippen LogP contribution in [-0.4, -0.2) is 37.4 Å². The first-order valence-corrected chi connectivity index (χ1v) is 14.2.